The molecule has 2 nitrogen and oxygen atoms in total. The molecule has 0 bridgehead atoms. The Morgan fingerprint density at radius 2 is 1.68 bits per heavy atom. The van der Waals surface area contributed by atoms with Gasteiger partial charge in [-0.2, -0.15) is 0 Å². The average Bonchev–Trinajstić information content (AvgIpc) is 2.52. The molecule has 0 spiro atoms. The van der Waals surface area contributed by atoms with Crippen molar-refractivity contribution < 1.29 is 8.78 Å². The second-order valence-electron chi connectivity index (χ2n) is 5.41. The first-order valence-electron chi connectivity index (χ1n) is 7.30. The van der Waals surface area contributed by atoms with Crippen molar-refractivity contribution in [3.05, 3.63) is 70.2 Å². The highest BCUT2D eigenvalue weighted by molar-refractivity contribution is 6.30. The summed E-state index contributed by atoms with van der Waals surface area (Å²) in [7, 11) is 0. The minimum Gasteiger partial charge on any atom is -0.314 e. The molecule has 0 aliphatic carbocycles. The number of halogens is 3. The zero-order chi connectivity index (χ0) is 15.5. The molecule has 3 rings (SSSR count). The van der Waals surface area contributed by atoms with Crippen molar-refractivity contribution in [3.8, 4) is 0 Å². The largest absolute Gasteiger partial charge is 0.314 e. The van der Waals surface area contributed by atoms with E-state index in [9.17, 15) is 8.78 Å². The highest BCUT2D eigenvalue weighted by Crippen LogP contribution is 2.31. The van der Waals surface area contributed by atoms with Crippen molar-refractivity contribution in [2.75, 3.05) is 26.2 Å². The third-order valence-corrected chi connectivity index (χ3v) is 4.21. The summed E-state index contributed by atoms with van der Waals surface area (Å²) in [6, 6.07) is 11.0. The molecule has 2 aromatic carbocycles. The van der Waals surface area contributed by atoms with Crippen LogP contribution in [0.25, 0.3) is 0 Å². The third kappa shape index (κ3) is 3.29. The van der Waals surface area contributed by atoms with E-state index in [1.54, 1.807) is 12.1 Å². The SMILES string of the molecule is Fc1ccc([C@@H](c2ccc(Cl)cc2)N2CCNCC2)c(F)c1. The van der Waals surface area contributed by atoms with Crippen LogP contribution in [0.2, 0.25) is 5.02 Å². The van der Waals surface area contributed by atoms with Gasteiger partial charge < -0.3 is 5.32 Å². The summed E-state index contributed by atoms with van der Waals surface area (Å²) in [6.45, 7) is 3.33. The topological polar surface area (TPSA) is 15.3 Å². The van der Waals surface area contributed by atoms with Crippen molar-refractivity contribution in [3.63, 3.8) is 0 Å². The maximum Gasteiger partial charge on any atom is 0.131 e. The maximum absolute atomic E-state index is 14.3. The Morgan fingerprint density at radius 3 is 2.32 bits per heavy atom. The quantitative estimate of drug-likeness (QED) is 0.928. The lowest BCUT2D eigenvalue weighted by molar-refractivity contribution is 0.195. The van der Waals surface area contributed by atoms with Gasteiger partial charge in [-0.1, -0.05) is 29.8 Å². The molecule has 5 heteroatoms. The zero-order valence-electron chi connectivity index (χ0n) is 12.0. The Balaban J connectivity index is 2.03. The van der Waals surface area contributed by atoms with Crippen LogP contribution in [0.3, 0.4) is 0 Å². The summed E-state index contributed by atoms with van der Waals surface area (Å²) >= 11 is 5.95. The van der Waals surface area contributed by atoms with Crippen LogP contribution in [-0.2, 0) is 0 Å². The van der Waals surface area contributed by atoms with Crippen molar-refractivity contribution in [2.24, 2.45) is 0 Å². The number of benzene rings is 2. The van der Waals surface area contributed by atoms with E-state index in [1.165, 1.54) is 12.1 Å². The van der Waals surface area contributed by atoms with Crippen LogP contribution >= 0.6 is 11.6 Å². The van der Waals surface area contributed by atoms with E-state index in [0.717, 1.165) is 37.8 Å². The molecular formula is C17H17ClF2N2. The number of hydrogen-bond acceptors (Lipinski definition) is 2. The number of piperazine rings is 1. The van der Waals surface area contributed by atoms with Gasteiger partial charge in [0.1, 0.15) is 11.6 Å². The second kappa shape index (κ2) is 6.73. The standard InChI is InChI=1S/C17H17ClF2N2/c18-13-3-1-12(2-4-13)17(22-9-7-21-8-10-22)15-6-5-14(19)11-16(15)20/h1-6,11,17,21H,7-10H2/t17-/m1/s1. The predicted molar refractivity (Wildman–Crippen MR) is 84.1 cm³/mol. The second-order valence-corrected chi connectivity index (χ2v) is 5.84. The molecule has 22 heavy (non-hydrogen) atoms. The number of nitrogens with one attached hydrogen (secondary N) is 1. The van der Waals surface area contributed by atoms with Crippen molar-refractivity contribution >= 4 is 11.6 Å². The molecule has 0 saturated carbocycles. The van der Waals surface area contributed by atoms with Crippen molar-refractivity contribution in [2.45, 2.75) is 6.04 Å². The highest BCUT2D eigenvalue weighted by atomic mass is 35.5. The van der Waals surface area contributed by atoms with Gasteiger partial charge in [-0.25, -0.2) is 8.78 Å². The van der Waals surface area contributed by atoms with Crippen LogP contribution in [0.4, 0.5) is 8.78 Å². The van der Waals surface area contributed by atoms with E-state index in [0.29, 0.717) is 10.6 Å². The molecule has 1 aliphatic rings. The van der Waals surface area contributed by atoms with E-state index < -0.39 is 11.6 Å². The van der Waals surface area contributed by atoms with Gasteiger partial charge >= 0.3 is 0 Å². The zero-order valence-corrected chi connectivity index (χ0v) is 12.8. The molecule has 2 aromatic rings. The van der Waals surface area contributed by atoms with Gasteiger partial charge in [0.2, 0.25) is 0 Å². The van der Waals surface area contributed by atoms with Gasteiger partial charge in [-0.05, 0) is 23.8 Å². The summed E-state index contributed by atoms with van der Waals surface area (Å²) in [5.41, 5.74) is 1.45. The van der Waals surface area contributed by atoms with Gasteiger partial charge in [0.05, 0.1) is 6.04 Å². The fraction of sp³-hybridized carbons (Fsp3) is 0.294. The first-order chi connectivity index (χ1) is 10.6. The minimum absolute atomic E-state index is 0.236. The Kier molecular flexibility index (Phi) is 4.71. The summed E-state index contributed by atoms with van der Waals surface area (Å²) in [4.78, 5) is 2.20. The summed E-state index contributed by atoms with van der Waals surface area (Å²) in [6.07, 6.45) is 0. The monoisotopic (exact) mass is 322 g/mol. The lowest BCUT2D eigenvalue weighted by Gasteiger charge is -2.35. The van der Waals surface area contributed by atoms with Gasteiger partial charge in [0, 0.05) is 42.8 Å². The van der Waals surface area contributed by atoms with Crippen LogP contribution in [0, 0.1) is 11.6 Å². The van der Waals surface area contributed by atoms with Crippen LogP contribution in [-0.4, -0.2) is 31.1 Å². The van der Waals surface area contributed by atoms with E-state index in [-0.39, 0.29) is 6.04 Å². The lowest BCUT2D eigenvalue weighted by atomic mass is 9.96. The van der Waals surface area contributed by atoms with E-state index in [2.05, 4.69) is 10.2 Å². The van der Waals surface area contributed by atoms with E-state index in [1.807, 2.05) is 12.1 Å². The number of rotatable bonds is 3. The molecule has 116 valence electrons. The summed E-state index contributed by atoms with van der Waals surface area (Å²) in [5.74, 6) is -1.07. The predicted octanol–water partition coefficient (Wildman–Crippen LogP) is 3.61. The molecule has 1 atom stereocenters. The molecule has 0 amide bonds. The van der Waals surface area contributed by atoms with E-state index >= 15 is 0 Å². The third-order valence-electron chi connectivity index (χ3n) is 3.96. The Bertz CT molecular complexity index is 640. The first-order valence-corrected chi connectivity index (χ1v) is 7.68. The van der Waals surface area contributed by atoms with Gasteiger partial charge in [-0.15, -0.1) is 0 Å². The van der Waals surface area contributed by atoms with Gasteiger partial charge in [-0.3, -0.25) is 4.90 Å². The van der Waals surface area contributed by atoms with Gasteiger partial charge in [0.25, 0.3) is 0 Å². The maximum atomic E-state index is 14.3. The number of hydrogen-bond donors (Lipinski definition) is 1. The van der Waals surface area contributed by atoms with Crippen LogP contribution in [0.15, 0.2) is 42.5 Å². The first kappa shape index (κ1) is 15.4. The Morgan fingerprint density at radius 1 is 1.00 bits per heavy atom. The molecule has 0 unspecified atom stereocenters. The molecule has 1 fully saturated rings. The molecule has 1 N–H and O–H groups in total. The van der Waals surface area contributed by atoms with E-state index in [4.69, 9.17) is 11.6 Å². The molecule has 1 saturated heterocycles. The lowest BCUT2D eigenvalue weighted by Crippen LogP contribution is -2.45. The molecular weight excluding hydrogens is 306 g/mol. The fourth-order valence-electron chi connectivity index (χ4n) is 2.90. The summed E-state index contributed by atoms with van der Waals surface area (Å²) < 4.78 is 27.5. The summed E-state index contributed by atoms with van der Waals surface area (Å²) in [5, 5.41) is 3.93. The van der Waals surface area contributed by atoms with Gasteiger partial charge in [0.15, 0.2) is 0 Å². The smallest absolute Gasteiger partial charge is 0.131 e. The molecule has 0 aromatic heterocycles. The van der Waals surface area contributed by atoms with Crippen molar-refractivity contribution in [1.82, 2.24) is 10.2 Å². The molecule has 1 aliphatic heterocycles. The fourth-order valence-corrected chi connectivity index (χ4v) is 3.02. The van der Waals surface area contributed by atoms with Crippen molar-refractivity contribution in [1.29, 1.82) is 0 Å². The average molecular weight is 323 g/mol. The molecule has 1 heterocycles. The Labute approximate surface area is 133 Å². The van der Waals surface area contributed by atoms with Crippen LogP contribution in [0.1, 0.15) is 17.2 Å². The normalized spacial score (nSPS) is 17.4. The Hall–Kier alpha value is -1.49. The van der Waals surface area contributed by atoms with Crippen LogP contribution < -0.4 is 5.32 Å². The highest BCUT2D eigenvalue weighted by Gasteiger charge is 2.26. The molecule has 0 radical (unpaired) electrons. The number of nitrogens with zero attached hydrogens (tertiary/aromatic N) is 1. The van der Waals surface area contributed by atoms with Crippen LogP contribution in [0.5, 0.6) is 0 Å². The minimum atomic E-state index is -0.559.